The molecule has 5 amide bonds. The summed E-state index contributed by atoms with van der Waals surface area (Å²) in [4.78, 5) is 68.0. The fourth-order valence-electron chi connectivity index (χ4n) is 7.99. The molecule has 1 unspecified atom stereocenters. The van der Waals surface area contributed by atoms with Crippen LogP contribution in [-0.2, 0) is 23.9 Å². The van der Waals surface area contributed by atoms with E-state index in [0.29, 0.717) is 26.0 Å². The van der Waals surface area contributed by atoms with E-state index in [-0.39, 0.29) is 29.1 Å². The SMILES string of the molecule is CCC[C@@](C)(COC)NC(=O)N[C@H](C(=O)N1C[C@H]2[C@@H]([C@H]1C(=O)NC(CC1CC1)C(=O)C(N)=O)C2(C)C)C1(C)CCCCC1. The van der Waals surface area contributed by atoms with Crippen LogP contribution < -0.4 is 21.7 Å². The molecular weight excluding hydrogens is 550 g/mol. The van der Waals surface area contributed by atoms with Crippen molar-refractivity contribution in [2.75, 3.05) is 20.3 Å². The molecular formula is C32H53N5O6. The average Bonchev–Trinajstić information content (AvgIpc) is 3.78. The van der Waals surface area contributed by atoms with E-state index >= 15 is 0 Å². The number of ketones is 1. The highest BCUT2D eigenvalue weighted by Gasteiger charge is 2.70. The number of rotatable bonds is 14. The number of ether oxygens (including phenoxy) is 1. The van der Waals surface area contributed by atoms with Crippen molar-refractivity contribution in [1.82, 2.24) is 20.9 Å². The fourth-order valence-corrected chi connectivity index (χ4v) is 7.99. The Hall–Kier alpha value is -2.69. The number of nitrogens with two attached hydrogens (primary N) is 1. The Morgan fingerprint density at radius 3 is 2.26 bits per heavy atom. The molecule has 1 aliphatic heterocycles. The van der Waals surface area contributed by atoms with E-state index in [1.807, 2.05) is 13.8 Å². The summed E-state index contributed by atoms with van der Waals surface area (Å²) in [5, 5.41) is 8.93. The standard InChI is InChI=1S/C32H53N5O6/c1-7-13-32(5,18-43-6)36-29(42)35-25(31(4)14-9-8-10-15-31)28(41)37-17-20-22(30(20,2)3)23(37)27(40)34-21(16-19-11-12-19)24(38)26(33)39/h19-23,25H,7-18H2,1-6H3,(H2,33,39)(H,34,40)(H2,35,36,42)/t20-,21?,22-,23-,25+,32-/m0/s1. The van der Waals surface area contributed by atoms with Gasteiger partial charge in [-0.15, -0.1) is 0 Å². The minimum Gasteiger partial charge on any atom is -0.382 e. The number of nitrogens with zero attached hydrogens (tertiary/aromatic N) is 1. The number of piperidine rings is 1. The van der Waals surface area contributed by atoms with Gasteiger partial charge in [0.25, 0.3) is 5.91 Å². The lowest BCUT2D eigenvalue weighted by atomic mass is 9.70. The molecule has 242 valence electrons. The first-order chi connectivity index (χ1) is 20.2. The van der Waals surface area contributed by atoms with Crippen molar-refractivity contribution in [1.29, 1.82) is 0 Å². The number of carbonyl (C=O) groups is 5. The zero-order valence-corrected chi connectivity index (χ0v) is 26.9. The van der Waals surface area contributed by atoms with Crippen LogP contribution in [0.3, 0.4) is 0 Å². The molecule has 0 aromatic rings. The molecule has 1 saturated heterocycles. The summed E-state index contributed by atoms with van der Waals surface area (Å²) in [6.45, 7) is 11.0. The van der Waals surface area contributed by atoms with Gasteiger partial charge in [0.2, 0.25) is 17.6 Å². The molecule has 5 N–H and O–H groups in total. The second-order valence-corrected chi connectivity index (χ2v) is 14.8. The van der Waals surface area contributed by atoms with E-state index in [1.54, 1.807) is 12.0 Å². The minimum atomic E-state index is -1.07. The van der Waals surface area contributed by atoms with Gasteiger partial charge in [-0.1, -0.05) is 66.2 Å². The normalized spacial score (nSPS) is 28.0. The number of fused-ring (bicyclic) bond motifs is 1. The highest BCUT2D eigenvalue weighted by atomic mass is 16.5. The van der Waals surface area contributed by atoms with Crippen LogP contribution in [0.15, 0.2) is 0 Å². The summed E-state index contributed by atoms with van der Waals surface area (Å²) in [7, 11) is 1.60. The maximum Gasteiger partial charge on any atom is 0.315 e. The van der Waals surface area contributed by atoms with Crippen molar-refractivity contribution in [3.8, 4) is 0 Å². The van der Waals surface area contributed by atoms with Crippen LogP contribution >= 0.6 is 0 Å². The molecule has 0 spiro atoms. The largest absolute Gasteiger partial charge is 0.382 e. The Morgan fingerprint density at radius 1 is 1.05 bits per heavy atom. The number of hydrogen-bond acceptors (Lipinski definition) is 6. The van der Waals surface area contributed by atoms with Gasteiger partial charge < -0.3 is 31.3 Å². The molecule has 11 nitrogen and oxygen atoms in total. The first-order valence-electron chi connectivity index (χ1n) is 16.2. The molecule has 6 atom stereocenters. The molecule has 11 heteroatoms. The van der Waals surface area contributed by atoms with Gasteiger partial charge >= 0.3 is 6.03 Å². The summed E-state index contributed by atoms with van der Waals surface area (Å²) in [5.41, 5.74) is 4.10. The third kappa shape index (κ3) is 7.18. The van der Waals surface area contributed by atoms with Gasteiger partial charge in [-0.25, -0.2) is 4.79 Å². The van der Waals surface area contributed by atoms with Gasteiger partial charge in [-0.3, -0.25) is 19.2 Å². The number of nitrogens with one attached hydrogen (secondary N) is 3. The van der Waals surface area contributed by atoms with Crippen LogP contribution in [-0.4, -0.2) is 78.4 Å². The lowest BCUT2D eigenvalue weighted by molar-refractivity contribution is -0.146. The second kappa shape index (κ2) is 12.7. The van der Waals surface area contributed by atoms with Gasteiger partial charge in [0.05, 0.1) is 18.2 Å². The number of urea groups is 1. The monoisotopic (exact) mass is 603 g/mol. The number of carbonyl (C=O) groups excluding carboxylic acids is 5. The number of primary amides is 1. The Kier molecular flexibility index (Phi) is 9.83. The molecule has 4 aliphatic rings. The van der Waals surface area contributed by atoms with E-state index in [9.17, 15) is 24.0 Å². The topological polar surface area (TPSA) is 160 Å². The van der Waals surface area contributed by atoms with Gasteiger partial charge in [-0.05, 0) is 61.2 Å². The summed E-state index contributed by atoms with van der Waals surface area (Å²) in [6, 6.07) is -3.05. The molecule has 0 aromatic carbocycles. The number of likely N-dealkylation sites (tertiary alicyclic amines) is 1. The maximum absolute atomic E-state index is 14.5. The predicted molar refractivity (Wildman–Crippen MR) is 162 cm³/mol. The summed E-state index contributed by atoms with van der Waals surface area (Å²) in [6.07, 6.45) is 8.38. The minimum absolute atomic E-state index is 0.0788. The molecule has 4 rings (SSSR count). The zero-order valence-electron chi connectivity index (χ0n) is 26.9. The molecule has 3 aliphatic carbocycles. The van der Waals surface area contributed by atoms with E-state index < -0.39 is 52.7 Å². The Morgan fingerprint density at radius 2 is 1.70 bits per heavy atom. The van der Waals surface area contributed by atoms with E-state index in [4.69, 9.17) is 10.5 Å². The lowest BCUT2D eigenvalue weighted by Crippen LogP contribution is -2.64. The van der Waals surface area contributed by atoms with Crippen LogP contribution in [0.1, 0.15) is 98.8 Å². The molecule has 4 fully saturated rings. The van der Waals surface area contributed by atoms with Crippen molar-refractivity contribution in [3.63, 3.8) is 0 Å². The van der Waals surface area contributed by atoms with Crippen LogP contribution in [0.2, 0.25) is 0 Å². The zero-order chi connectivity index (χ0) is 31.7. The van der Waals surface area contributed by atoms with Crippen LogP contribution in [0.4, 0.5) is 4.79 Å². The van der Waals surface area contributed by atoms with Crippen molar-refractivity contribution < 1.29 is 28.7 Å². The number of Topliss-reactive ketones (excluding diaryl/α,β-unsaturated/α-hetero) is 1. The van der Waals surface area contributed by atoms with Crippen molar-refractivity contribution in [2.24, 2.45) is 34.3 Å². The van der Waals surface area contributed by atoms with Gasteiger partial charge in [0, 0.05) is 13.7 Å². The number of methoxy groups -OCH3 is 1. The molecule has 3 saturated carbocycles. The second-order valence-electron chi connectivity index (χ2n) is 14.8. The molecule has 1 heterocycles. The van der Waals surface area contributed by atoms with Crippen molar-refractivity contribution in [3.05, 3.63) is 0 Å². The predicted octanol–water partition coefficient (Wildman–Crippen LogP) is 2.65. The molecule has 43 heavy (non-hydrogen) atoms. The summed E-state index contributed by atoms with van der Waals surface area (Å²) >= 11 is 0. The van der Waals surface area contributed by atoms with E-state index in [2.05, 4.69) is 36.7 Å². The third-order valence-corrected chi connectivity index (χ3v) is 10.8. The fraction of sp³-hybridized carbons (Fsp3) is 0.844. The molecule has 0 bridgehead atoms. The summed E-state index contributed by atoms with van der Waals surface area (Å²) in [5.74, 6) is -2.26. The van der Waals surface area contributed by atoms with Crippen LogP contribution in [0.5, 0.6) is 0 Å². The highest BCUT2D eigenvalue weighted by Crippen LogP contribution is 2.65. The van der Waals surface area contributed by atoms with Crippen molar-refractivity contribution >= 4 is 29.5 Å². The van der Waals surface area contributed by atoms with Gasteiger partial charge in [0.15, 0.2) is 0 Å². The first kappa shape index (κ1) is 33.2. The number of amides is 5. The first-order valence-corrected chi connectivity index (χ1v) is 16.2. The summed E-state index contributed by atoms with van der Waals surface area (Å²) < 4.78 is 5.38. The Labute approximate surface area is 256 Å². The molecule has 0 radical (unpaired) electrons. The lowest BCUT2D eigenvalue weighted by Gasteiger charge is -2.43. The number of hydrogen-bond donors (Lipinski definition) is 4. The highest BCUT2D eigenvalue weighted by molar-refractivity contribution is 6.37. The van der Waals surface area contributed by atoms with E-state index in [0.717, 1.165) is 51.4 Å². The quantitative estimate of drug-likeness (QED) is 0.223. The van der Waals surface area contributed by atoms with Gasteiger partial charge in [-0.2, -0.15) is 0 Å². The third-order valence-electron chi connectivity index (χ3n) is 10.8. The molecule has 0 aromatic heterocycles. The van der Waals surface area contributed by atoms with Crippen molar-refractivity contribution in [2.45, 2.75) is 122 Å². The Bertz CT molecular complexity index is 1090. The Balaban J connectivity index is 1.59. The van der Waals surface area contributed by atoms with Crippen LogP contribution in [0.25, 0.3) is 0 Å². The van der Waals surface area contributed by atoms with E-state index in [1.165, 1.54) is 0 Å². The van der Waals surface area contributed by atoms with Gasteiger partial charge in [0.1, 0.15) is 12.1 Å². The smallest absolute Gasteiger partial charge is 0.315 e. The maximum atomic E-state index is 14.5. The average molecular weight is 604 g/mol. The van der Waals surface area contributed by atoms with Crippen LogP contribution in [0, 0.1) is 28.6 Å².